The van der Waals surface area contributed by atoms with Crippen LogP contribution in [0.25, 0.3) is 0 Å². The highest BCUT2D eigenvalue weighted by atomic mass is 19.1. The highest BCUT2D eigenvalue weighted by Gasteiger charge is 2.25. The monoisotopic (exact) mass is 181 g/mol. The van der Waals surface area contributed by atoms with Crippen LogP contribution in [0.4, 0.5) is 4.39 Å². The molecule has 0 unspecified atom stereocenters. The lowest BCUT2D eigenvalue weighted by Gasteiger charge is -2.04. The third kappa shape index (κ3) is 1.06. The maximum absolute atomic E-state index is 12.8. The minimum atomic E-state index is -0.679. The summed E-state index contributed by atoms with van der Waals surface area (Å²) in [4.78, 5) is 12.8. The largest absolute Gasteiger partial charge is 0.505 e. The second-order valence-corrected chi connectivity index (χ2v) is 3.12. The smallest absolute Gasteiger partial charge is 0.254 e. The molecule has 3 nitrogen and oxygen atoms in total. The van der Waals surface area contributed by atoms with Crippen LogP contribution in [0.2, 0.25) is 0 Å². The summed E-state index contributed by atoms with van der Waals surface area (Å²) in [5.74, 6) is -1.32. The summed E-state index contributed by atoms with van der Waals surface area (Å²) >= 11 is 0. The van der Waals surface area contributed by atoms with Gasteiger partial charge in [0.25, 0.3) is 5.91 Å². The molecule has 0 aromatic heterocycles. The molecule has 0 atom stereocenters. The highest BCUT2D eigenvalue weighted by molar-refractivity contribution is 5.98. The Kier molecular flexibility index (Phi) is 1.52. The van der Waals surface area contributed by atoms with Crippen LogP contribution >= 0.6 is 0 Å². The normalized spacial score (nSPS) is 14.9. The van der Waals surface area contributed by atoms with Gasteiger partial charge in [0.1, 0.15) is 0 Å². The van der Waals surface area contributed by atoms with E-state index in [2.05, 4.69) is 0 Å². The molecule has 2 rings (SSSR count). The van der Waals surface area contributed by atoms with Gasteiger partial charge in [0, 0.05) is 19.2 Å². The zero-order chi connectivity index (χ0) is 9.59. The molecule has 0 saturated heterocycles. The predicted octanol–water partition coefficient (Wildman–Crippen LogP) is 1.12. The Morgan fingerprint density at radius 2 is 2.23 bits per heavy atom. The Morgan fingerprint density at radius 3 is 2.92 bits per heavy atom. The van der Waals surface area contributed by atoms with Gasteiger partial charge < -0.3 is 10.0 Å². The van der Waals surface area contributed by atoms with E-state index in [-0.39, 0.29) is 5.91 Å². The summed E-state index contributed by atoms with van der Waals surface area (Å²) in [5.41, 5.74) is 1.02. The summed E-state index contributed by atoms with van der Waals surface area (Å²) in [5, 5.41) is 9.04. The zero-order valence-electron chi connectivity index (χ0n) is 7.04. The van der Waals surface area contributed by atoms with Gasteiger partial charge in [0.2, 0.25) is 0 Å². The number of carbonyl (C=O) groups is 1. The van der Waals surface area contributed by atoms with Gasteiger partial charge in [0.05, 0.1) is 0 Å². The van der Waals surface area contributed by atoms with E-state index in [1.165, 1.54) is 17.0 Å². The van der Waals surface area contributed by atoms with Crippen LogP contribution in [0.1, 0.15) is 15.9 Å². The first-order valence-electron chi connectivity index (χ1n) is 3.86. The number of phenols is 1. The molecular weight excluding hydrogens is 173 g/mol. The Hall–Kier alpha value is -1.58. The van der Waals surface area contributed by atoms with Gasteiger partial charge in [-0.3, -0.25) is 4.79 Å². The van der Waals surface area contributed by atoms with E-state index in [0.29, 0.717) is 17.7 Å². The van der Waals surface area contributed by atoms with E-state index in [4.69, 9.17) is 5.11 Å². The van der Waals surface area contributed by atoms with Crippen LogP contribution in [-0.2, 0) is 6.54 Å². The number of aromatic hydroxyl groups is 1. The second kappa shape index (κ2) is 2.45. The SMILES string of the molecule is CN1Cc2cc(F)c(O)cc2C1=O. The van der Waals surface area contributed by atoms with Crippen LogP contribution in [0.5, 0.6) is 5.75 Å². The maximum Gasteiger partial charge on any atom is 0.254 e. The van der Waals surface area contributed by atoms with Crippen molar-refractivity contribution < 1.29 is 14.3 Å². The molecule has 1 aromatic carbocycles. The minimum absolute atomic E-state index is 0.176. The lowest BCUT2D eigenvalue weighted by molar-refractivity contribution is 0.0816. The Bertz CT molecular complexity index is 389. The first-order valence-corrected chi connectivity index (χ1v) is 3.86. The number of hydrogen-bond donors (Lipinski definition) is 1. The molecule has 68 valence electrons. The molecule has 1 N–H and O–H groups in total. The van der Waals surface area contributed by atoms with E-state index in [1.54, 1.807) is 7.05 Å². The number of fused-ring (bicyclic) bond motifs is 1. The van der Waals surface area contributed by atoms with Crippen LogP contribution in [0.15, 0.2) is 12.1 Å². The van der Waals surface area contributed by atoms with Gasteiger partial charge in [-0.2, -0.15) is 0 Å². The Balaban J connectivity index is 2.59. The lowest BCUT2D eigenvalue weighted by atomic mass is 10.1. The van der Waals surface area contributed by atoms with E-state index in [9.17, 15) is 9.18 Å². The zero-order valence-corrected chi connectivity index (χ0v) is 7.04. The van der Waals surface area contributed by atoms with E-state index in [1.807, 2.05) is 0 Å². The number of benzene rings is 1. The molecule has 0 spiro atoms. The molecule has 0 aliphatic carbocycles. The fraction of sp³-hybridized carbons (Fsp3) is 0.222. The second-order valence-electron chi connectivity index (χ2n) is 3.12. The average molecular weight is 181 g/mol. The summed E-state index contributed by atoms with van der Waals surface area (Å²) < 4.78 is 12.8. The molecular formula is C9H8FNO2. The van der Waals surface area contributed by atoms with Crippen LogP contribution in [0, 0.1) is 5.82 Å². The van der Waals surface area contributed by atoms with Crippen molar-refractivity contribution in [2.45, 2.75) is 6.54 Å². The summed E-state index contributed by atoms with van der Waals surface area (Å²) in [7, 11) is 1.64. The van der Waals surface area contributed by atoms with E-state index < -0.39 is 11.6 Å². The molecule has 4 heteroatoms. The molecule has 0 radical (unpaired) electrons. The quantitative estimate of drug-likeness (QED) is 0.651. The molecule has 1 amide bonds. The average Bonchev–Trinajstić information content (AvgIpc) is 2.32. The van der Waals surface area contributed by atoms with Gasteiger partial charge in [-0.1, -0.05) is 0 Å². The number of hydrogen-bond acceptors (Lipinski definition) is 2. The molecule has 1 heterocycles. The first kappa shape index (κ1) is 8.04. The van der Waals surface area contributed by atoms with Crippen molar-refractivity contribution >= 4 is 5.91 Å². The van der Waals surface area contributed by atoms with Gasteiger partial charge in [-0.05, 0) is 17.7 Å². The number of carbonyl (C=O) groups excluding carboxylic acids is 1. The summed E-state index contributed by atoms with van der Waals surface area (Å²) in [6, 6.07) is 2.38. The minimum Gasteiger partial charge on any atom is -0.505 e. The fourth-order valence-electron chi connectivity index (χ4n) is 1.47. The fourth-order valence-corrected chi connectivity index (χ4v) is 1.47. The molecule has 0 saturated carbocycles. The van der Waals surface area contributed by atoms with E-state index in [0.717, 1.165) is 0 Å². The van der Waals surface area contributed by atoms with Crippen LogP contribution in [-0.4, -0.2) is 23.0 Å². The van der Waals surface area contributed by atoms with Gasteiger partial charge in [-0.25, -0.2) is 4.39 Å². The Labute approximate surface area is 74.4 Å². The first-order chi connectivity index (χ1) is 6.09. The number of amides is 1. The highest BCUT2D eigenvalue weighted by Crippen LogP contribution is 2.27. The Morgan fingerprint density at radius 1 is 1.54 bits per heavy atom. The van der Waals surface area contributed by atoms with Gasteiger partial charge >= 0.3 is 0 Å². The van der Waals surface area contributed by atoms with Crippen LogP contribution < -0.4 is 0 Å². The van der Waals surface area contributed by atoms with Crippen molar-refractivity contribution in [3.63, 3.8) is 0 Å². The molecule has 1 aliphatic rings. The summed E-state index contributed by atoms with van der Waals surface area (Å²) in [6.07, 6.45) is 0. The van der Waals surface area contributed by atoms with Crippen LogP contribution in [0.3, 0.4) is 0 Å². The summed E-state index contributed by atoms with van der Waals surface area (Å²) in [6.45, 7) is 0.408. The lowest BCUT2D eigenvalue weighted by Crippen LogP contribution is -2.17. The standard InChI is InChI=1S/C9H8FNO2/c1-11-4-5-2-7(10)8(12)3-6(5)9(11)13/h2-3,12H,4H2,1H3. The number of phenolic OH excluding ortho intramolecular Hbond substituents is 1. The van der Waals surface area contributed by atoms with Crippen molar-refractivity contribution in [1.29, 1.82) is 0 Å². The van der Waals surface area contributed by atoms with E-state index >= 15 is 0 Å². The molecule has 0 fully saturated rings. The topological polar surface area (TPSA) is 40.5 Å². The molecule has 1 aliphatic heterocycles. The number of nitrogens with zero attached hydrogens (tertiary/aromatic N) is 1. The number of halogens is 1. The maximum atomic E-state index is 12.8. The van der Waals surface area contributed by atoms with Crippen molar-refractivity contribution in [2.24, 2.45) is 0 Å². The van der Waals surface area contributed by atoms with Gasteiger partial charge in [-0.15, -0.1) is 0 Å². The van der Waals surface area contributed by atoms with Crippen molar-refractivity contribution in [2.75, 3.05) is 7.05 Å². The molecule has 1 aromatic rings. The van der Waals surface area contributed by atoms with Crippen molar-refractivity contribution in [3.05, 3.63) is 29.1 Å². The van der Waals surface area contributed by atoms with Crippen molar-refractivity contribution in [1.82, 2.24) is 4.90 Å². The van der Waals surface area contributed by atoms with Crippen molar-refractivity contribution in [3.8, 4) is 5.75 Å². The third-order valence-corrected chi connectivity index (χ3v) is 2.16. The molecule has 0 bridgehead atoms. The third-order valence-electron chi connectivity index (χ3n) is 2.16. The molecule has 13 heavy (non-hydrogen) atoms. The number of rotatable bonds is 0. The van der Waals surface area contributed by atoms with Gasteiger partial charge in [0.15, 0.2) is 11.6 Å². The predicted molar refractivity (Wildman–Crippen MR) is 43.9 cm³/mol.